The average molecular weight is 364 g/mol. The van der Waals surface area contributed by atoms with E-state index in [1.54, 1.807) is 25.1 Å². The topological polar surface area (TPSA) is 101 Å². The van der Waals surface area contributed by atoms with Gasteiger partial charge in [0.05, 0.1) is 11.1 Å². The molecule has 2 rings (SSSR count). The van der Waals surface area contributed by atoms with Crippen molar-refractivity contribution in [3.05, 3.63) is 57.1 Å². The van der Waals surface area contributed by atoms with Crippen LogP contribution in [-0.4, -0.2) is 22.2 Å². The van der Waals surface area contributed by atoms with Gasteiger partial charge in [0.15, 0.2) is 0 Å². The Morgan fingerprint density at radius 2 is 1.64 bits per heavy atom. The summed E-state index contributed by atoms with van der Waals surface area (Å²) in [6.07, 6.45) is 0. The molecule has 0 atom stereocenters. The van der Waals surface area contributed by atoms with Gasteiger partial charge in [0.2, 0.25) is 0 Å². The maximum Gasteiger partial charge on any atom is 0.336 e. The van der Waals surface area contributed by atoms with Crippen LogP contribution in [0.5, 0.6) is 0 Å². The fourth-order valence-corrected chi connectivity index (χ4v) is 2.73. The van der Waals surface area contributed by atoms with Gasteiger partial charge in [-0.05, 0) is 47.9 Å². The van der Waals surface area contributed by atoms with Crippen LogP contribution in [-0.2, 0) is 6.54 Å². The maximum atomic E-state index is 11.5. The Hall–Kier alpha value is -2.18. The molecule has 0 unspecified atom stereocenters. The first-order valence-electron chi connectivity index (χ1n) is 6.45. The van der Waals surface area contributed by atoms with Gasteiger partial charge in [0.25, 0.3) is 0 Å². The molecule has 0 aliphatic rings. The molecule has 0 radical (unpaired) electrons. The predicted molar refractivity (Wildman–Crippen MR) is 86.1 cm³/mol. The fourth-order valence-electron chi connectivity index (χ4n) is 2.32. The van der Waals surface area contributed by atoms with Gasteiger partial charge in [-0.1, -0.05) is 22.0 Å². The summed E-state index contributed by atoms with van der Waals surface area (Å²) in [5.74, 6) is -2.34. The molecule has 22 heavy (non-hydrogen) atoms. The third kappa shape index (κ3) is 3.03. The first-order chi connectivity index (χ1) is 10.3. The third-order valence-electron chi connectivity index (χ3n) is 3.30. The minimum Gasteiger partial charge on any atom is -0.478 e. The number of nitrogens with two attached hydrogens (primary N) is 1. The predicted octanol–water partition coefficient (Wildman–Crippen LogP) is 3.28. The zero-order valence-electron chi connectivity index (χ0n) is 11.8. The van der Waals surface area contributed by atoms with Gasteiger partial charge in [-0.3, -0.25) is 0 Å². The highest BCUT2D eigenvalue weighted by molar-refractivity contribution is 9.10. The molecule has 4 N–H and O–H groups in total. The molecule has 2 aromatic rings. The molecule has 0 fully saturated rings. The van der Waals surface area contributed by atoms with E-state index >= 15 is 0 Å². The van der Waals surface area contributed by atoms with Gasteiger partial charge in [-0.15, -0.1) is 0 Å². The maximum absolute atomic E-state index is 11.5. The summed E-state index contributed by atoms with van der Waals surface area (Å²) in [6, 6.07) is 8.04. The number of hydrogen-bond acceptors (Lipinski definition) is 3. The second kappa shape index (κ2) is 6.29. The van der Waals surface area contributed by atoms with Crippen LogP contribution in [0.2, 0.25) is 0 Å². The largest absolute Gasteiger partial charge is 0.478 e. The summed E-state index contributed by atoms with van der Waals surface area (Å²) in [5, 5.41) is 18.8. The molecule has 0 saturated heterocycles. The van der Waals surface area contributed by atoms with E-state index in [1.807, 2.05) is 0 Å². The number of aryl methyl sites for hydroxylation is 1. The molecular formula is C16H14BrNO4. The first kappa shape index (κ1) is 16.2. The van der Waals surface area contributed by atoms with Crippen molar-refractivity contribution in [2.45, 2.75) is 13.5 Å². The zero-order valence-corrected chi connectivity index (χ0v) is 13.3. The van der Waals surface area contributed by atoms with Crippen molar-refractivity contribution in [2.24, 2.45) is 5.73 Å². The molecule has 0 saturated carbocycles. The molecule has 0 aliphatic heterocycles. The van der Waals surface area contributed by atoms with E-state index in [0.717, 1.165) is 10.0 Å². The lowest BCUT2D eigenvalue weighted by Gasteiger charge is -2.13. The molecule has 0 bridgehead atoms. The number of carboxylic acids is 2. The highest BCUT2D eigenvalue weighted by Crippen LogP contribution is 2.32. The summed E-state index contributed by atoms with van der Waals surface area (Å²) in [4.78, 5) is 23.0. The van der Waals surface area contributed by atoms with E-state index in [9.17, 15) is 19.8 Å². The van der Waals surface area contributed by atoms with Crippen LogP contribution < -0.4 is 5.73 Å². The van der Waals surface area contributed by atoms with Crippen LogP contribution in [0.4, 0.5) is 0 Å². The first-order valence-corrected chi connectivity index (χ1v) is 7.24. The summed E-state index contributed by atoms with van der Waals surface area (Å²) >= 11 is 3.36. The Morgan fingerprint density at radius 3 is 2.09 bits per heavy atom. The summed E-state index contributed by atoms with van der Waals surface area (Å²) < 4.78 is 0.791. The number of carbonyl (C=O) groups is 2. The number of hydrogen-bond donors (Lipinski definition) is 3. The van der Waals surface area contributed by atoms with Crippen molar-refractivity contribution in [3.63, 3.8) is 0 Å². The molecule has 0 spiro atoms. The van der Waals surface area contributed by atoms with Crippen LogP contribution in [0.25, 0.3) is 11.1 Å². The quantitative estimate of drug-likeness (QED) is 0.773. The SMILES string of the molecule is Cc1cc(C(=O)O)c(-c2ccc(Br)c(CN)c2)c(C(=O)O)c1. The molecule has 0 aromatic heterocycles. The van der Waals surface area contributed by atoms with Crippen molar-refractivity contribution in [3.8, 4) is 11.1 Å². The number of halogens is 1. The lowest BCUT2D eigenvalue weighted by Crippen LogP contribution is -2.08. The summed E-state index contributed by atoms with van der Waals surface area (Å²) in [6.45, 7) is 1.92. The highest BCUT2D eigenvalue weighted by atomic mass is 79.9. The molecule has 0 amide bonds. The van der Waals surface area contributed by atoms with Crippen LogP contribution in [0.15, 0.2) is 34.8 Å². The molecular weight excluding hydrogens is 350 g/mol. The van der Waals surface area contributed by atoms with Crippen LogP contribution in [0, 0.1) is 6.92 Å². The van der Waals surface area contributed by atoms with E-state index in [2.05, 4.69) is 15.9 Å². The second-order valence-electron chi connectivity index (χ2n) is 4.86. The Labute approximate surface area is 135 Å². The molecule has 5 nitrogen and oxygen atoms in total. The van der Waals surface area contributed by atoms with Gasteiger partial charge in [-0.2, -0.15) is 0 Å². The highest BCUT2D eigenvalue weighted by Gasteiger charge is 2.21. The van der Waals surface area contributed by atoms with Crippen molar-refractivity contribution < 1.29 is 19.8 Å². The number of aromatic carboxylic acids is 2. The fraction of sp³-hybridized carbons (Fsp3) is 0.125. The van der Waals surface area contributed by atoms with Crippen LogP contribution in [0.3, 0.4) is 0 Å². The smallest absolute Gasteiger partial charge is 0.336 e. The van der Waals surface area contributed by atoms with Crippen molar-refractivity contribution in [1.82, 2.24) is 0 Å². The molecule has 2 aromatic carbocycles. The Balaban J connectivity index is 2.83. The van der Waals surface area contributed by atoms with Crippen molar-refractivity contribution in [2.75, 3.05) is 0 Å². The van der Waals surface area contributed by atoms with Gasteiger partial charge < -0.3 is 15.9 Å². The van der Waals surface area contributed by atoms with Gasteiger partial charge in [-0.25, -0.2) is 9.59 Å². The average Bonchev–Trinajstić information content (AvgIpc) is 2.47. The minimum atomic E-state index is -1.17. The van der Waals surface area contributed by atoms with Gasteiger partial charge >= 0.3 is 11.9 Å². The Morgan fingerprint density at radius 1 is 1.09 bits per heavy atom. The normalized spacial score (nSPS) is 10.5. The second-order valence-corrected chi connectivity index (χ2v) is 5.71. The summed E-state index contributed by atoms with van der Waals surface area (Å²) in [5.41, 5.74) is 7.62. The number of rotatable bonds is 4. The molecule has 0 heterocycles. The van der Waals surface area contributed by atoms with Gasteiger partial charge in [0, 0.05) is 16.6 Å². The van der Waals surface area contributed by atoms with Crippen molar-refractivity contribution in [1.29, 1.82) is 0 Å². The van der Waals surface area contributed by atoms with Crippen LogP contribution >= 0.6 is 15.9 Å². The third-order valence-corrected chi connectivity index (χ3v) is 4.07. The molecule has 0 aliphatic carbocycles. The Bertz CT molecular complexity index is 736. The lowest BCUT2D eigenvalue weighted by atomic mass is 9.91. The van der Waals surface area contributed by atoms with E-state index in [0.29, 0.717) is 11.1 Å². The Kier molecular flexibility index (Phi) is 4.63. The van der Waals surface area contributed by atoms with Crippen LogP contribution in [0.1, 0.15) is 31.8 Å². The molecule has 114 valence electrons. The van der Waals surface area contributed by atoms with E-state index in [4.69, 9.17) is 5.73 Å². The van der Waals surface area contributed by atoms with Gasteiger partial charge in [0.1, 0.15) is 0 Å². The lowest BCUT2D eigenvalue weighted by molar-refractivity contribution is 0.0696. The van der Waals surface area contributed by atoms with E-state index in [-0.39, 0.29) is 23.2 Å². The zero-order chi connectivity index (χ0) is 16.4. The van der Waals surface area contributed by atoms with E-state index in [1.165, 1.54) is 12.1 Å². The summed E-state index contributed by atoms with van der Waals surface area (Å²) in [7, 11) is 0. The van der Waals surface area contributed by atoms with E-state index < -0.39 is 11.9 Å². The monoisotopic (exact) mass is 363 g/mol. The number of benzene rings is 2. The van der Waals surface area contributed by atoms with Crippen molar-refractivity contribution >= 4 is 27.9 Å². The number of carboxylic acid groups (broad SMARTS) is 2. The molecule has 6 heteroatoms. The standard InChI is InChI=1S/C16H14BrNO4/c1-8-4-11(15(19)20)14(12(5-8)16(21)22)9-2-3-13(17)10(6-9)7-18/h2-6H,7,18H2,1H3,(H,19,20)(H,21,22). The minimum absolute atomic E-state index is 0.0392.